The van der Waals surface area contributed by atoms with Crippen molar-refractivity contribution in [3.63, 3.8) is 0 Å². The number of furan rings is 1. The molecule has 0 spiro atoms. The van der Waals surface area contributed by atoms with Crippen molar-refractivity contribution in [2.45, 2.75) is 57.8 Å². The normalized spacial score (nSPS) is 14.1. The van der Waals surface area contributed by atoms with Crippen molar-refractivity contribution in [2.75, 3.05) is 0 Å². The van der Waals surface area contributed by atoms with Gasteiger partial charge in [-0.1, -0.05) is 32.8 Å². The van der Waals surface area contributed by atoms with Crippen molar-refractivity contribution < 1.29 is 4.42 Å². The molecule has 0 saturated carbocycles. The van der Waals surface area contributed by atoms with Gasteiger partial charge in [-0.05, 0) is 49.4 Å². The summed E-state index contributed by atoms with van der Waals surface area (Å²) in [4.78, 5) is 4.46. The van der Waals surface area contributed by atoms with Gasteiger partial charge in [0.05, 0.1) is 6.26 Å². The lowest BCUT2D eigenvalue weighted by molar-refractivity contribution is 0.406. The number of unbranched alkanes of at least 4 members (excludes halogenated alkanes) is 1. The fourth-order valence-electron chi connectivity index (χ4n) is 2.67. The van der Waals surface area contributed by atoms with Gasteiger partial charge >= 0.3 is 0 Å². The molecule has 2 unspecified atom stereocenters. The van der Waals surface area contributed by atoms with E-state index >= 15 is 0 Å². The fourth-order valence-corrected chi connectivity index (χ4v) is 2.67. The van der Waals surface area contributed by atoms with Crippen molar-refractivity contribution in [1.82, 2.24) is 4.98 Å². The lowest BCUT2D eigenvalue weighted by Crippen LogP contribution is -2.02. The Kier molecular flexibility index (Phi) is 5.85. The standard InChI is InChI=1S/C18H25NO/c1-3-4-8-16(18-10-7-14-20-18)12-11-15(2)17-9-5-6-13-19-17/h5-7,9-10,13-16H,3-4,8,11-12H2,1-2H3. The maximum absolute atomic E-state index is 5.62. The molecule has 0 amide bonds. The van der Waals surface area contributed by atoms with Gasteiger partial charge < -0.3 is 4.42 Å². The van der Waals surface area contributed by atoms with Crippen LogP contribution in [0.1, 0.15) is 69.2 Å². The third kappa shape index (κ3) is 4.22. The third-order valence-corrected chi connectivity index (χ3v) is 3.99. The first-order valence-corrected chi connectivity index (χ1v) is 7.75. The molecule has 0 saturated heterocycles. The minimum Gasteiger partial charge on any atom is -0.469 e. The van der Waals surface area contributed by atoms with Crippen LogP contribution in [-0.2, 0) is 0 Å². The highest BCUT2D eigenvalue weighted by Crippen LogP contribution is 2.31. The van der Waals surface area contributed by atoms with Crippen molar-refractivity contribution in [3.8, 4) is 0 Å². The van der Waals surface area contributed by atoms with Crippen LogP contribution >= 0.6 is 0 Å². The highest BCUT2D eigenvalue weighted by Gasteiger charge is 2.16. The second kappa shape index (κ2) is 7.88. The average Bonchev–Trinajstić information content (AvgIpc) is 3.02. The van der Waals surface area contributed by atoms with Gasteiger partial charge in [0.25, 0.3) is 0 Å². The summed E-state index contributed by atoms with van der Waals surface area (Å²) in [6.45, 7) is 4.51. The van der Waals surface area contributed by atoms with E-state index in [1.54, 1.807) is 6.26 Å². The zero-order chi connectivity index (χ0) is 14.2. The first-order chi connectivity index (χ1) is 9.81. The molecule has 0 bridgehead atoms. The molecule has 0 aliphatic heterocycles. The van der Waals surface area contributed by atoms with Gasteiger partial charge in [-0.2, -0.15) is 0 Å². The van der Waals surface area contributed by atoms with Crippen LogP contribution in [0.25, 0.3) is 0 Å². The van der Waals surface area contributed by atoms with Gasteiger partial charge in [0.2, 0.25) is 0 Å². The summed E-state index contributed by atoms with van der Waals surface area (Å²) in [5.74, 6) is 2.21. The van der Waals surface area contributed by atoms with Crippen LogP contribution < -0.4 is 0 Å². The molecule has 0 radical (unpaired) electrons. The molecule has 2 heterocycles. The smallest absolute Gasteiger partial charge is 0.106 e. The molecular weight excluding hydrogens is 246 g/mol. The number of rotatable bonds is 8. The zero-order valence-corrected chi connectivity index (χ0v) is 12.6. The van der Waals surface area contributed by atoms with E-state index in [1.807, 2.05) is 18.3 Å². The third-order valence-electron chi connectivity index (χ3n) is 3.99. The van der Waals surface area contributed by atoms with E-state index in [4.69, 9.17) is 4.42 Å². The van der Waals surface area contributed by atoms with E-state index in [1.165, 1.54) is 31.4 Å². The molecule has 108 valence electrons. The molecule has 0 aliphatic rings. The Bertz CT molecular complexity index is 463. The van der Waals surface area contributed by atoms with Crippen LogP contribution in [0, 0.1) is 0 Å². The van der Waals surface area contributed by atoms with E-state index in [9.17, 15) is 0 Å². The predicted molar refractivity (Wildman–Crippen MR) is 82.9 cm³/mol. The van der Waals surface area contributed by atoms with E-state index in [0.717, 1.165) is 12.2 Å². The quantitative estimate of drug-likeness (QED) is 0.630. The molecule has 0 aliphatic carbocycles. The molecule has 2 atom stereocenters. The largest absolute Gasteiger partial charge is 0.469 e. The van der Waals surface area contributed by atoms with Gasteiger partial charge in [0.15, 0.2) is 0 Å². The number of hydrogen-bond acceptors (Lipinski definition) is 2. The van der Waals surface area contributed by atoms with E-state index in [-0.39, 0.29) is 0 Å². The first-order valence-electron chi connectivity index (χ1n) is 7.75. The minimum atomic E-state index is 0.510. The molecule has 2 rings (SSSR count). The summed E-state index contributed by atoms with van der Waals surface area (Å²) in [5, 5.41) is 0. The molecular formula is C18H25NO. The Balaban J connectivity index is 1.91. The summed E-state index contributed by atoms with van der Waals surface area (Å²) >= 11 is 0. The number of hydrogen-bond donors (Lipinski definition) is 0. The fraction of sp³-hybridized carbons (Fsp3) is 0.500. The summed E-state index contributed by atoms with van der Waals surface area (Å²) < 4.78 is 5.62. The Hall–Kier alpha value is -1.57. The second-order valence-corrected chi connectivity index (χ2v) is 5.59. The molecule has 2 aromatic rings. The predicted octanol–water partition coefficient (Wildman–Crippen LogP) is 5.53. The Labute approximate surface area is 122 Å². The molecule has 2 nitrogen and oxygen atoms in total. The number of aromatic nitrogens is 1. The van der Waals surface area contributed by atoms with Crippen LogP contribution in [0.5, 0.6) is 0 Å². The van der Waals surface area contributed by atoms with Crippen LogP contribution in [-0.4, -0.2) is 4.98 Å². The van der Waals surface area contributed by atoms with Crippen molar-refractivity contribution in [1.29, 1.82) is 0 Å². The summed E-state index contributed by atoms with van der Waals surface area (Å²) in [6.07, 6.45) is 9.73. The summed E-state index contributed by atoms with van der Waals surface area (Å²) in [5.41, 5.74) is 1.20. The van der Waals surface area contributed by atoms with Gasteiger partial charge in [-0.15, -0.1) is 0 Å². The highest BCUT2D eigenvalue weighted by molar-refractivity contribution is 5.09. The monoisotopic (exact) mass is 271 g/mol. The van der Waals surface area contributed by atoms with Crippen LogP contribution in [0.15, 0.2) is 47.2 Å². The number of nitrogens with zero attached hydrogens (tertiary/aromatic N) is 1. The second-order valence-electron chi connectivity index (χ2n) is 5.59. The topological polar surface area (TPSA) is 26.0 Å². The highest BCUT2D eigenvalue weighted by atomic mass is 16.3. The molecule has 0 aromatic carbocycles. The minimum absolute atomic E-state index is 0.510. The van der Waals surface area contributed by atoms with Gasteiger partial charge in [0.1, 0.15) is 5.76 Å². The Morgan fingerprint density at radius 1 is 1.10 bits per heavy atom. The van der Waals surface area contributed by atoms with E-state index in [0.29, 0.717) is 11.8 Å². The number of pyridine rings is 1. The lowest BCUT2D eigenvalue weighted by Gasteiger charge is -2.17. The summed E-state index contributed by atoms with van der Waals surface area (Å²) in [6, 6.07) is 10.3. The first kappa shape index (κ1) is 14.8. The van der Waals surface area contributed by atoms with Gasteiger partial charge in [-0.3, -0.25) is 4.98 Å². The maximum atomic E-state index is 5.62. The Morgan fingerprint density at radius 3 is 2.65 bits per heavy atom. The van der Waals surface area contributed by atoms with Crippen LogP contribution in [0.4, 0.5) is 0 Å². The zero-order valence-electron chi connectivity index (χ0n) is 12.6. The van der Waals surface area contributed by atoms with Crippen molar-refractivity contribution in [2.24, 2.45) is 0 Å². The average molecular weight is 271 g/mol. The van der Waals surface area contributed by atoms with Gasteiger partial charge in [-0.25, -0.2) is 0 Å². The van der Waals surface area contributed by atoms with E-state index < -0.39 is 0 Å². The Morgan fingerprint density at radius 2 is 2.00 bits per heavy atom. The molecule has 0 fully saturated rings. The van der Waals surface area contributed by atoms with Gasteiger partial charge in [0, 0.05) is 17.8 Å². The van der Waals surface area contributed by atoms with Crippen molar-refractivity contribution >= 4 is 0 Å². The SMILES string of the molecule is CCCCC(CCC(C)c1ccccn1)c1ccco1. The summed E-state index contributed by atoms with van der Waals surface area (Å²) in [7, 11) is 0. The molecule has 2 heteroatoms. The molecule has 2 aromatic heterocycles. The van der Waals surface area contributed by atoms with Crippen LogP contribution in [0.2, 0.25) is 0 Å². The lowest BCUT2D eigenvalue weighted by atomic mass is 9.89. The molecule has 20 heavy (non-hydrogen) atoms. The van der Waals surface area contributed by atoms with Crippen LogP contribution in [0.3, 0.4) is 0 Å². The molecule has 0 N–H and O–H groups in total. The van der Waals surface area contributed by atoms with Crippen molar-refractivity contribution in [3.05, 3.63) is 54.2 Å². The maximum Gasteiger partial charge on any atom is 0.106 e. The van der Waals surface area contributed by atoms with E-state index in [2.05, 4.69) is 37.0 Å².